The van der Waals surface area contributed by atoms with Crippen molar-refractivity contribution in [2.45, 2.75) is 33.1 Å². The van der Waals surface area contributed by atoms with Crippen molar-refractivity contribution >= 4 is 33.2 Å². The fourth-order valence-electron chi connectivity index (χ4n) is 2.04. The zero-order valence-corrected chi connectivity index (χ0v) is 13.2. The summed E-state index contributed by atoms with van der Waals surface area (Å²) >= 11 is 7.70. The summed E-state index contributed by atoms with van der Waals surface area (Å²) in [6.07, 6.45) is 2.91. The maximum atomic E-state index is 6.04. The molecule has 3 rings (SSSR count). The van der Waals surface area contributed by atoms with Crippen LogP contribution in [0.4, 0.5) is 0 Å². The van der Waals surface area contributed by atoms with Crippen LogP contribution in [0.1, 0.15) is 37.3 Å². The number of hydrogen-bond acceptors (Lipinski definition) is 4. The van der Waals surface area contributed by atoms with Crippen molar-refractivity contribution in [1.82, 2.24) is 19.7 Å². The van der Waals surface area contributed by atoms with Gasteiger partial charge < -0.3 is 0 Å². The van der Waals surface area contributed by atoms with E-state index in [-0.39, 0.29) is 5.28 Å². The van der Waals surface area contributed by atoms with Gasteiger partial charge in [-0.25, -0.2) is 9.67 Å². The van der Waals surface area contributed by atoms with Gasteiger partial charge in [0.05, 0.1) is 11.1 Å². The zero-order chi connectivity index (χ0) is 14.3. The van der Waals surface area contributed by atoms with E-state index < -0.39 is 0 Å². The molecule has 0 N–H and O–H groups in total. The van der Waals surface area contributed by atoms with Crippen molar-refractivity contribution in [3.8, 4) is 5.82 Å². The topological polar surface area (TPSA) is 43.6 Å². The predicted octanol–water partition coefficient (Wildman–Crippen LogP) is 4.22. The standard InChI is InChI=1S/C14H15ClN4S/c1-4-9-7-10-12(16-14(15)17-13(10)20-9)19-6-5-11(18-19)8(2)3/h5-8H,4H2,1-3H3. The molecule has 0 radical (unpaired) electrons. The molecule has 0 spiro atoms. The monoisotopic (exact) mass is 306 g/mol. The van der Waals surface area contributed by atoms with E-state index in [1.54, 1.807) is 16.0 Å². The summed E-state index contributed by atoms with van der Waals surface area (Å²) in [6, 6.07) is 4.14. The molecule has 0 unspecified atom stereocenters. The lowest BCUT2D eigenvalue weighted by Crippen LogP contribution is -2.01. The molecule has 3 aromatic heterocycles. The van der Waals surface area contributed by atoms with Crippen LogP contribution in [-0.4, -0.2) is 19.7 Å². The molecule has 0 aromatic carbocycles. The summed E-state index contributed by atoms with van der Waals surface area (Å²) in [6.45, 7) is 6.37. The summed E-state index contributed by atoms with van der Waals surface area (Å²) in [5.74, 6) is 1.14. The molecular weight excluding hydrogens is 292 g/mol. The van der Waals surface area contributed by atoms with Gasteiger partial charge in [-0.2, -0.15) is 10.1 Å². The predicted molar refractivity (Wildman–Crippen MR) is 83.0 cm³/mol. The maximum Gasteiger partial charge on any atom is 0.225 e. The van der Waals surface area contributed by atoms with Gasteiger partial charge in [0.1, 0.15) is 4.83 Å². The van der Waals surface area contributed by atoms with Crippen LogP contribution < -0.4 is 0 Å². The molecule has 3 heterocycles. The molecule has 0 fully saturated rings. The first-order valence-electron chi connectivity index (χ1n) is 6.60. The van der Waals surface area contributed by atoms with Crippen LogP contribution in [0.2, 0.25) is 5.28 Å². The number of thiophene rings is 1. The molecule has 0 saturated heterocycles. The third kappa shape index (κ3) is 2.31. The average Bonchev–Trinajstić information content (AvgIpc) is 3.03. The van der Waals surface area contributed by atoms with Crippen molar-refractivity contribution in [3.63, 3.8) is 0 Å². The zero-order valence-electron chi connectivity index (χ0n) is 11.6. The Kier molecular flexibility index (Phi) is 3.48. The second-order valence-corrected chi connectivity index (χ2v) is 6.39. The van der Waals surface area contributed by atoms with Gasteiger partial charge in [-0.15, -0.1) is 11.3 Å². The van der Waals surface area contributed by atoms with E-state index in [0.29, 0.717) is 5.92 Å². The molecule has 4 nitrogen and oxygen atoms in total. The van der Waals surface area contributed by atoms with Crippen LogP contribution in [0.5, 0.6) is 0 Å². The van der Waals surface area contributed by atoms with Crippen LogP contribution >= 0.6 is 22.9 Å². The Morgan fingerprint density at radius 2 is 2.15 bits per heavy atom. The van der Waals surface area contributed by atoms with Gasteiger partial charge in [0, 0.05) is 11.1 Å². The Hall–Kier alpha value is -1.46. The highest BCUT2D eigenvalue weighted by atomic mass is 35.5. The van der Waals surface area contributed by atoms with Crippen molar-refractivity contribution in [2.75, 3.05) is 0 Å². The minimum atomic E-state index is 0.263. The third-order valence-electron chi connectivity index (χ3n) is 3.16. The summed E-state index contributed by atoms with van der Waals surface area (Å²) in [4.78, 5) is 10.8. The van der Waals surface area contributed by atoms with Crippen molar-refractivity contribution in [1.29, 1.82) is 0 Å². The Bertz CT molecular complexity index is 760. The smallest absolute Gasteiger partial charge is 0.222 e. The molecule has 0 aliphatic carbocycles. The quantitative estimate of drug-likeness (QED) is 0.681. The van der Waals surface area contributed by atoms with Crippen molar-refractivity contribution in [3.05, 3.63) is 34.2 Å². The number of aromatic nitrogens is 4. The van der Waals surface area contributed by atoms with Crippen molar-refractivity contribution < 1.29 is 0 Å². The summed E-state index contributed by atoms with van der Waals surface area (Å²) < 4.78 is 1.79. The largest absolute Gasteiger partial charge is 0.225 e. The maximum absolute atomic E-state index is 6.04. The van der Waals surface area contributed by atoms with Crippen molar-refractivity contribution in [2.24, 2.45) is 0 Å². The molecule has 0 atom stereocenters. The highest BCUT2D eigenvalue weighted by Gasteiger charge is 2.14. The van der Waals surface area contributed by atoms with Gasteiger partial charge in [-0.05, 0) is 36.1 Å². The summed E-state index contributed by atoms with van der Waals surface area (Å²) in [7, 11) is 0. The molecule has 0 amide bonds. The van der Waals surface area contributed by atoms with E-state index in [0.717, 1.165) is 28.1 Å². The van der Waals surface area contributed by atoms with Crippen LogP contribution in [0, 0.1) is 0 Å². The lowest BCUT2D eigenvalue weighted by molar-refractivity contribution is 0.760. The first-order valence-corrected chi connectivity index (χ1v) is 7.79. The molecule has 0 bridgehead atoms. The van der Waals surface area contributed by atoms with E-state index in [2.05, 4.69) is 41.9 Å². The molecule has 3 aromatic rings. The third-order valence-corrected chi connectivity index (χ3v) is 4.51. The number of rotatable bonds is 3. The van der Waals surface area contributed by atoms with E-state index in [4.69, 9.17) is 11.6 Å². The molecule has 0 aliphatic rings. The number of hydrogen-bond donors (Lipinski definition) is 0. The number of nitrogens with zero attached hydrogens (tertiary/aromatic N) is 4. The summed E-state index contributed by atoms with van der Waals surface area (Å²) in [5, 5.41) is 5.85. The Balaban J connectivity index is 2.20. The first kappa shape index (κ1) is 13.5. The van der Waals surface area contributed by atoms with Crippen LogP contribution in [0.3, 0.4) is 0 Å². The van der Waals surface area contributed by atoms with Gasteiger partial charge in [0.25, 0.3) is 0 Å². The number of aryl methyl sites for hydroxylation is 1. The number of fused-ring (bicyclic) bond motifs is 1. The van der Waals surface area contributed by atoms with E-state index in [1.165, 1.54) is 4.88 Å². The Morgan fingerprint density at radius 1 is 1.35 bits per heavy atom. The molecule has 0 saturated carbocycles. The van der Waals surface area contributed by atoms with Gasteiger partial charge in [-0.1, -0.05) is 20.8 Å². The van der Waals surface area contributed by atoms with E-state index >= 15 is 0 Å². The first-order chi connectivity index (χ1) is 9.58. The molecule has 0 aliphatic heterocycles. The lowest BCUT2D eigenvalue weighted by atomic mass is 10.1. The Labute approximate surface area is 126 Å². The van der Waals surface area contributed by atoms with E-state index in [1.807, 2.05) is 12.3 Å². The van der Waals surface area contributed by atoms with Crippen LogP contribution in [-0.2, 0) is 6.42 Å². The second-order valence-electron chi connectivity index (χ2n) is 4.94. The van der Waals surface area contributed by atoms with Gasteiger partial charge in [-0.3, -0.25) is 0 Å². The average molecular weight is 307 g/mol. The minimum absolute atomic E-state index is 0.263. The molecule has 20 heavy (non-hydrogen) atoms. The highest BCUT2D eigenvalue weighted by molar-refractivity contribution is 7.18. The number of halogens is 1. The lowest BCUT2D eigenvalue weighted by Gasteiger charge is -2.03. The Morgan fingerprint density at radius 3 is 2.80 bits per heavy atom. The summed E-state index contributed by atoms with van der Waals surface area (Å²) in [5.41, 5.74) is 1.04. The molecule has 104 valence electrons. The molecule has 6 heteroatoms. The van der Waals surface area contributed by atoms with Gasteiger partial charge >= 0.3 is 0 Å². The normalized spacial score (nSPS) is 11.7. The fraction of sp³-hybridized carbons (Fsp3) is 0.357. The minimum Gasteiger partial charge on any atom is -0.222 e. The molecular formula is C14H15ClN4S. The van der Waals surface area contributed by atoms with E-state index in [9.17, 15) is 0 Å². The SMILES string of the molecule is CCc1cc2c(-n3ccc(C(C)C)n3)nc(Cl)nc2s1. The van der Waals surface area contributed by atoms with Crippen LogP contribution in [0.15, 0.2) is 18.3 Å². The fourth-order valence-corrected chi connectivity index (χ4v) is 3.22. The van der Waals surface area contributed by atoms with Gasteiger partial charge in [0.2, 0.25) is 5.28 Å². The van der Waals surface area contributed by atoms with Gasteiger partial charge in [0.15, 0.2) is 5.82 Å². The van der Waals surface area contributed by atoms with Crippen LogP contribution in [0.25, 0.3) is 16.0 Å². The highest BCUT2D eigenvalue weighted by Crippen LogP contribution is 2.29. The second kappa shape index (κ2) is 5.14.